The minimum absolute atomic E-state index is 0.130. The minimum atomic E-state index is -4.91. The van der Waals surface area contributed by atoms with Crippen molar-refractivity contribution >= 4 is 11.6 Å². The third-order valence-corrected chi connectivity index (χ3v) is 3.41. The molecular formula is C17H9F6N5O3. The van der Waals surface area contributed by atoms with Gasteiger partial charge in [0.05, 0.1) is 18.1 Å². The smallest absolute Gasteiger partial charge is 0.437 e. The first-order chi connectivity index (χ1) is 14.5. The Balaban J connectivity index is 1.89. The molecule has 0 bridgehead atoms. The van der Waals surface area contributed by atoms with Crippen molar-refractivity contribution < 1.29 is 40.6 Å². The molecule has 0 fully saturated rings. The topological polar surface area (TPSA) is 99.1 Å². The van der Waals surface area contributed by atoms with E-state index in [2.05, 4.69) is 30.4 Å². The van der Waals surface area contributed by atoms with Crippen molar-refractivity contribution in [2.24, 2.45) is 0 Å². The molecule has 2 heterocycles. The maximum Gasteiger partial charge on any atom is 0.573 e. The molecule has 0 aliphatic heterocycles. The summed E-state index contributed by atoms with van der Waals surface area (Å²) in [4.78, 5) is 12.5. The number of carbonyl (C=O) groups excluding carboxylic acids is 1. The van der Waals surface area contributed by atoms with Gasteiger partial charge in [-0.1, -0.05) is 0 Å². The van der Waals surface area contributed by atoms with Crippen LogP contribution in [-0.2, 0) is 6.18 Å². The van der Waals surface area contributed by atoms with E-state index >= 15 is 0 Å². The van der Waals surface area contributed by atoms with Crippen molar-refractivity contribution in [3.63, 3.8) is 0 Å². The molecule has 0 unspecified atom stereocenters. The van der Waals surface area contributed by atoms with Gasteiger partial charge < -0.3 is 14.8 Å². The summed E-state index contributed by atoms with van der Waals surface area (Å²) in [6, 6.07) is 5.65. The van der Waals surface area contributed by atoms with E-state index < -0.39 is 41.3 Å². The zero-order valence-electron chi connectivity index (χ0n) is 14.9. The summed E-state index contributed by atoms with van der Waals surface area (Å²) in [6.07, 6.45) is -7.41. The molecule has 0 radical (unpaired) electrons. The molecule has 0 atom stereocenters. The van der Waals surface area contributed by atoms with Crippen molar-refractivity contribution in [1.29, 1.82) is 0 Å². The standard InChI is InChI=1S/C17H9F6N5O3/c18-16(19,20)13-7-12(14(29)26-9-5-6-24-25-8-9)15(28-27-13)30-10-1-3-11(4-2-10)31-17(21,22)23/h1-8H,(H,24,26,29). The lowest BCUT2D eigenvalue weighted by Gasteiger charge is -2.13. The Hall–Kier alpha value is -3.97. The predicted molar refractivity (Wildman–Crippen MR) is 90.2 cm³/mol. The van der Waals surface area contributed by atoms with Gasteiger partial charge in [0.25, 0.3) is 11.8 Å². The molecule has 0 spiro atoms. The molecule has 31 heavy (non-hydrogen) atoms. The van der Waals surface area contributed by atoms with Gasteiger partial charge in [-0.2, -0.15) is 23.4 Å². The molecule has 3 aromatic rings. The molecule has 8 nitrogen and oxygen atoms in total. The fourth-order valence-corrected chi connectivity index (χ4v) is 2.14. The Morgan fingerprint density at radius 2 is 1.58 bits per heavy atom. The molecule has 3 rings (SSSR count). The third kappa shape index (κ3) is 6.01. The molecule has 2 aromatic heterocycles. The van der Waals surface area contributed by atoms with Crippen LogP contribution in [0.15, 0.2) is 48.8 Å². The van der Waals surface area contributed by atoms with Crippen LogP contribution in [0.4, 0.5) is 32.0 Å². The monoisotopic (exact) mass is 445 g/mol. The highest BCUT2D eigenvalue weighted by molar-refractivity contribution is 6.05. The fraction of sp³-hybridized carbons (Fsp3) is 0.118. The van der Waals surface area contributed by atoms with Crippen LogP contribution < -0.4 is 14.8 Å². The molecular weight excluding hydrogens is 436 g/mol. The Morgan fingerprint density at radius 1 is 0.903 bits per heavy atom. The molecule has 162 valence electrons. The Morgan fingerprint density at radius 3 is 2.16 bits per heavy atom. The highest BCUT2D eigenvalue weighted by atomic mass is 19.4. The SMILES string of the molecule is O=C(Nc1ccnnc1)c1cc(C(F)(F)F)nnc1Oc1ccc(OC(F)(F)F)cc1. The number of hydrogen-bond acceptors (Lipinski definition) is 7. The maximum atomic E-state index is 13.0. The normalized spacial score (nSPS) is 11.7. The zero-order valence-corrected chi connectivity index (χ0v) is 14.9. The van der Waals surface area contributed by atoms with Crippen molar-refractivity contribution in [3.05, 3.63) is 60.0 Å². The predicted octanol–water partition coefficient (Wildman–Crippen LogP) is 4.23. The maximum absolute atomic E-state index is 13.0. The van der Waals surface area contributed by atoms with E-state index in [1.165, 1.54) is 12.3 Å². The van der Waals surface area contributed by atoms with Crippen LogP contribution in [0.3, 0.4) is 0 Å². The fourth-order valence-electron chi connectivity index (χ4n) is 2.14. The second kappa shape index (κ2) is 8.41. The minimum Gasteiger partial charge on any atom is -0.437 e. The number of halogens is 6. The summed E-state index contributed by atoms with van der Waals surface area (Å²) in [6.45, 7) is 0. The molecule has 1 amide bonds. The van der Waals surface area contributed by atoms with Gasteiger partial charge in [0.1, 0.15) is 17.1 Å². The molecule has 14 heteroatoms. The quantitative estimate of drug-likeness (QED) is 0.587. The van der Waals surface area contributed by atoms with Gasteiger partial charge in [-0.05, 0) is 36.4 Å². The van der Waals surface area contributed by atoms with Crippen LogP contribution in [0.25, 0.3) is 0 Å². The highest BCUT2D eigenvalue weighted by Gasteiger charge is 2.35. The average molecular weight is 445 g/mol. The van der Waals surface area contributed by atoms with E-state index in [-0.39, 0.29) is 11.4 Å². The van der Waals surface area contributed by atoms with E-state index in [9.17, 15) is 31.1 Å². The van der Waals surface area contributed by atoms with E-state index in [0.717, 1.165) is 30.5 Å². The van der Waals surface area contributed by atoms with Crippen molar-refractivity contribution in [3.8, 4) is 17.4 Å². The number of carbonyl (C=O) groups is 1. The van der Waals surface area contributed by atoms with Gasteiger partial charge >= 0.3 is 12.5 Å². The summed E-state index contributed by atoms with van der Waals surface area (Å²) in [5, 5.41) is 15.6. The van der Waals surface area contributed by atoms with Crippen LogP contribution in [0.1, 0.15) is 16.1 Å². The first-order valence-electron chi connectivity index (χ1n) is 8.08. The van der Waals surface area contributed by atoms with E-state index in [4.69, 9.17) is 4.74 Å². The number of amides is 1. The molecule has 0 aliphatic rings. The van der Waals surface area contributed by atoms with Gasteiger partial charge in [0.2, 0.25) is 0 Å². The number of anilines is 1. The number of alkyl halides is 6. The second-order valence-electron chi connectivity index (χ2n) is 5.65. The lowest BCUT2D eigenvalue weighted by Crippen LogP contribution is -2.18. The average Bonchev–Trinajstić information content (AvgIpc) is 2.68. The third-order valence-electron chi connectivity index (χ3n) is 3.41. The van der Waals surface area contributed by atoms with Crippen molar-refractivity contribution in [2.75, 3.05) is 5.32 Å². The molecule has 1 aromatic carbocycles. The number of aromatic nitrogens is 4. The van der Waals surface area contributed by atoms with E-state index in [1.54, 1.807) is 0 Å². The summed E-state index contributed by atoms with van der Waals surface area (Å²) < 4.78 is 84.6. The van der Waals surface area contributed by atoms with Gasteiger partial charge in [-0.15, -0.1) is 23.4 Å². The lowest BCUT2D eigenvalue weighted by atomic mass is 10.2. The van der Waals surface area contributed by atoms with Crippen molar-refractivity contribution in [1.82, 2.24) is 20.4 Å². The number of hydrogen-bond donors (Lipinski definition) is 1. The summed E-state index contributed by atoms with van der Waals surface area (Å²) in [5.41, 5.74) is -1.95. The Bertz CT molecular complexity index is 1060. The molecule has 0 saturated heterocycles. The number of nitrogens with one attached hydrogen (secondary N) is 1. The van der Waals surface area contributed by atoms with E-state index in [0.29, 0.717) is 6.07 Å². The number of rotatable bonds is 5. The molecule has 0 saturated carbocycles. The van der Waals surface area contributed by atoms with Crippen LogP contribution in [0, 0.1) is 0 Å². The summed E-state index contributed by atoms with van der Waals surface area (Å²) in [5.74, 6) is -2.33. The Labute approximate surface area is 168 Å². The first-order valence-corrected chi connectivity index (χ1v) is 8.08. The number of benzene rings is 1. The largest absolute Gasteiger partial charge is 0.573 e. The van der Waals surface area contributed by atoms with Crippen LogP contribution in [-0.4, -0.2) is 32.7 Å². The van der Waals surface area contributed by atoms with Gasteiger partial charge in [0, 0.05) is 0 Å². The number of nitrogens with zero attached hydrogens (tertiary/aromatic N) is 4. The summed E-state index contributed by atoms with van der Waals surface area (Å²) >= 11 is 0. The zero-order chi connectivity index (χ0) is 22.6. The van der Waals surface area contributed by atoms with Gasteiger partial charge in [-0.25, -0.2) is 0 Å². The van der Waals surface area contributed by atoms with Crippen LogP contribution in [0.5, 0.6) is 17.4 Å². The first kappa shape index (κ1) is 21.7. The van der Waals surface area contributed by atoms with Gasteiger partial charge in [0.15, 0.2) is 5.69 Å². The number of ether oxygens (including phenoxy) is 2. The van der Waals surface area contributed by atoms with Crippen molar-refractivity contribution in [2.45, 2.75) is 12.5 Å². The van der Waals surface area contributed by atoms with Crippen LogP contribution in [0.2, 0.25) is 0 Å². The molecule has 0 aliphatic carbocycles. The highest BCUT2D eigenvalue weighted by Crippen LogP contribution is 2.32. The second-order valence-corrected chi connectivity index (χ2v) is 5.65. The summed E-state index contributed by atoms with van der Waals surface area (Å²) in [7, 11) is 0. The van der Waals surface area contributed by atoms with Gasteiger partial charge in [-0.3, -0.25) is 4.79 Å². The lowest BCUT2D eigenvalue weighted by molar-refractivity contribution is -0.274. The van der Waals surface area contributed by atoms with Crippen LogP contribution >= 0.6 is 0 Å². The Kier molecular flexibility index (Phi) is 5.90. The van der Waals surface area contributed by atoms with E-state index in [1.807, 2.05) is 0 Å². The molecule has 1 N–H and O–H groups in total.